The molecule has 2 heterocycles. The summed E-state index contributed by atoms with van der Waals surface area (Å²) in [6.07, 6.45) is 10.2. The van der Waals surface area contributed by atoms with Gasteiger partial charge in [0.15, 0.2) is 0 Å². The van der Waals surface area contributed by atoms with E-state index in [0.29, 0.717) is 0 Å². The highest BCUT2D eigenvalue weighted by Crippen LogP contribution is 2.19. The predicted octanol–water partition coefficient (Wildman–Crippen LogP) is 1.52. The van der Waals surface area contributed by atoms with Crippen molar-refractivity contribution in [3.05, 3.63) is 42.5 Å². The highest BCUT2D eigenvalue weighted by Gasteiger charge is 2.20. The summed E-state index contributed by atoms with van der Waals surface area (Å²) in [5, 5.41) is 7.81. The van der Waals surface area contributed by atoms with E-state index in [1.54, 1.807) is 12.4 Å². The molecule has 0 unspecified atom stereocenters. The van der Waals surface area contributed by atoms with Gasteiger partial charge in [0.2, 0.25) is 0 Å². The molecule has 2 aromatic heterocycles. The predicted molar refractivity (Wildman–Crippen MR) is 61.2 cm³/mol. The molecule has 0 aromatic carbocycles. The SMILES string of the molecule is c1cc(-n2cc(CNC3CC3)cn2)ccn1. The van der Waals surface area contributed by atoms with Gasteiger partial charge in [-0.2, -0.15) is 5.10 Å². The lowest BCUT2D eigenvalue weighted by Gasteiger charge is -1.99. The Kier molecular flexibility index (Phi) is 2.42. The maximum atomic E-state index is 4.33. The van der Waals surface area contributed by atoms with Crippen LogP contribution >= 0.6 is 0 Å². The second-order valence-corrected chi connectivity index (χ2v) is 4.15. The van der Waals surface area contributed by atoms with Crippen LogP contribution in [0.1, 0.15) is 18.4 Å². The molecule has 1 saturated carbocycles. The van der Waals surface area contributed by atoms with E-state index in [1.807, 2.05) is 23.0 Å². The quantitative estimate of drug-likeness (QED) is 0.839. The van der Waals surface area contributed by atoms with Gasteiger partial charge in [0, 0.05) is 36.7 Å². The summed E-state index contributed by atoms with van der Waals surface area (Å²) in [5.41, 5.74) is 2.27. The Bertz CT molecular complexity index is 459. The van der Waals surface area contributed by atoms with Crippen molar-refractivity contribution < 1.29 is 0 Å². The standard InChI is InChI=1S/C12H14N4/c1-2-11(1)14-7-10-8-15-16(9-10)12-3-5-13-6-4-12/h3-6,8-9,11,14H,1-2,7H2. The van der Waals surface area contributed by atoms with Gasteiger partial charge in [-0.15, -0.1) is 0 Å². The largest absolute Gasteiger partial charge is 0.310 e. The summed E-state index contributed by atoms with van der Waals surface area (Å²) >= 11 is 0. The van der Waals surface area contributed by atoms with E-state index in [-0.39, 0.29) is 0 Å². The minimum absolute atomic E-state index is 0.740. The Hall–Kier alpha value is -1.68. The van der Waals surface area contributed by atoms with E-state index in [9.17, 15) is 0 Å². The van der Waals surface area contributed by atoms with Crippen molar-refractivity contribution in [2.75, 3.05) is 0 Å². The molecule has 1 aliphatic carbocycles. The minimum Gasteiger partial charge on any atom is -0.310 e. The van der Waals surface area contributed by atoms with Crippen molar-refractivity contribution >= 4 is 0 Å². The molecule has 0 atom stereocenters. The molecular formula is C12H14N4. The van der Waals surface area contributed by atoms with Crippen molar-refractivity contribution in [2.45, 2.75) is 25.4 Å². The molecule has 4 heteroatoms. The topological polar surface area (TPSA) is 42.7 Å². The van der Waals surface area contributed by atoms with E-state index in [1.165, 1.54) is 18.4 Å². The first-order valence-electron chi connectivity index (χ1n) is 5.59. The summed E-state index contributed by atoms with van der Waals surface area (Å²) < 4.78 is 1.88. The maximum absolute atomic E-state index is 4.33. The van der Waals surface area contributed by atoms with Gasteiger partial charge in [0.1, 0.15) is 0 Å². The molecule has 82 valence electrons. The fourth-order valence-electron chi connectivity index (χ4n) is 1.64. The molecule has 16 heavy (non-hydrogen) atoms. The third-order valence-electron chi connectivity index (χ3n) is 2.74. The normalized spacial score (nSPS) is 15.2. The van der Waals surface area contributed by atoms with Gasteiger partial charge in [0.05, 0.1) is 11.9 Å². The molecule has 0 spiro atoms. The first kappa shape index (κ1) is 9.54. The first-order valence-corrected chi connectivity index (χ1v) is 5.59. The van der Waals surface area contributed by atoms with Gasteiger partial charge in [0.25, 0.3) is 0 Å². The number of aromatic nitrogens is 3. The highest BCUT2D eigenvalue weighted by molar-refractivity contribution is 5.28. The van der Waals surface area contributed by atoms with Crippen LogP contribution in [-0.4, -0.2) is 20.8 Å². The number of hydrogen-bond donors (Lipinski definition) is 1. The monoisotopic (exact) mass is 214 g/mol. The Morgan fingerprint density at radius 3 is 2.88 bits per heavy atom. The first-order chi connectivity index (χ1) is 7.92. The summed E-state index contributed by atoms with van der Waals surface area (Å²) in [6, 6.07) is 4.64. The highest BCUT2D eigenvalue weighted by atomic mass is 15.3. The van der Waals surface area contributed by atoms with Crippen molar-refractivity contribution in [2.24, 2.45) is 0 Å². The van der Waals surface area contributed by atoms with Crippen molar-refractivity contribution in [1.82, 2.24) is 20.1 Å². The van der Waals surface area contributed by atoms with Crippen molar-refractivity contribution in [3.8, 4) is 5.69 Å². The van der Waals surface area contributed by atoms with Crippen LogP contribution in [0.15, 0.2) is 36.9 Å². The fraction of sp³-hybridized carbons (Fsp3) is 0.333. The zero-order valence-corrected chi connectivity index (χ0v) is 9.00. The van der Waals surface area contributed by atoms with Crippen LogP contribution in [0.2, 0.25) is 0 Å². The molecule has 3 rings (SSSR count). The van der Waals surface area contributed by atoms with E-state index < -0.39 is 0 Å². The molecule has 0 radical (unpaired) electrons. The Labute approximate surface area is 94.3 Å². The Morgan fingerprint density at radius 1 is 1.31 bits per heavy atom. The molecule has 1 fully saturated rings. The average Bonchev–Trinajstić information content (AvgIpc) is 3.05. The fourth-order valence-corrected chi connectivity index (χ4v) is 1.64. The second kappa shape index (κ2) is 4.06. The van der Waals surface area contributed by atoms with E-state index in [4.69, 9.17) is 0 Å². The third-order valence-corrected chi connectivity index (χ3v) is 2.74. The smallest absolute Gasteiger partial charge is 0.0676 e. The summed E-state index contributed by atoms with van der Waals surface area (Å²) in [6.45, 7) is 0.912. The zero-order chi connectivity index (χ0) is 10.8. The van der Waals surface area contributed by atoms with Crippen LogP contribution < -0.4 is 5.32 Å². The van der Waals surface area contributed by atoms with Crippen LogP contribution in [0.3, 0.4) is 0 Å². The average molecular weight is 214 g/mol. The lowest BCUT2D eigenvalue weighted by molar-refractivity contribution is 0.687. The molecule has 1 aliphatic rings. The molecule has 0 bridgehead atoms. The van der Waals surface area contributed by atoms with E-state index in [0.717, 1.165) is 18.3 Å². The molecule has 0 amide bonds. The van der Waals surface area contributed by atoms with E-state index in [2.05, 4.69) is 21.6 Å². The molecule has 0 saturated heterocycles. The van der Waals surface area contributed by atoms with Gasteiger partial charge >= 0.3 is 0 Å². The Balaban J connectivity index is 1.71. The summed E-state index contributed by atoms with van der Waals surface area (Å²) in [5.74, 6) is 0. The summed E-state index contributed by atoms with van der Waals surface area (Å²) in [4.78, 5) is 3.99. The van der Waals surface area contributed by atoms with Crippen LogP contribution in [0.4, 0.5) is 0 Å². The molecule has 1 N–H and O–H groups in total. The maximum Gasteiger partial charge on any atom is 0.0676 e. The van der Waals surface area contributed by atoms with E-state index >= 15 is 0 Å². The van der Waals surface area contributed by atoms with Crippen molar-refractivity contribution in [1.29, 1.82) is 0 Å². The van der Waals surface area contributed by atoms with Crippen LogP contribution in [0.5, 0.6) is 0 Å². The number of rotatable bonds is 4. The minimum atomic E-state index is 0.740. The third kappa shape index (κ3) is 2.12. The lowest BCUT2D eigenvalue weighted by atomic mass is 10.3. The van der Waals surface area contributed by atoms with Gasteiger partial charge in [-0.25, -0.2) is 4.68 Å². The van der Waals surface area contributed by atoms with Gasteiger partial charge < -0.3 is 5.32 Å². The lowest BCUT2D eigenvalue weighted by Crippen LogP contribution is -2.14. The second-order valence-electron chi connectivity index (χ2n) is 4.15. The Morgan fingerprint density at radius 2 is 2.12 bits per heavy atom. The number of hydrogen-bond acceptors (Lipinski definition) is 3. The summed E-state index contributed by atoms with van der Waals surface area (Å²) in [7, 11) is 0. The number of pyridine rings is 1. The van der Waals surface area contributed by atoms with Crippen LogP contribution in [0, 0.1) is 0 Å². The van der Waals surface area contributed by atoms with Crippen LogP contribution in [-0.2, 0) is 6.54 Å². The van der Waals surface area contributed by atoms with Crippen molar-refractivity contribution in [3.63, 3.8) is 0 Å². The molecular weight excluding hydrogens is 200 g/mol. The molecule has 4 nitrogen and oxygen atoms in total. The zero-order valence-electron chi connectivity index (χ0n) is 9.00. The molecule has 2 aromatic rings. The number of nitrogens with zero attached hydrogens (tertiary/aromatic N) is 3. The number of nitrogens with one attached hydrogen (secondary N) is 1. The van der Waals surface area contributed by atoms with Gasteiger partial charge in [-0.05, 0) is 25.0 Å². The molecule has 0 aliphatic heterocycles. The van der Waals surface area contributed by atoms with Gasteiger partial charge in [-0.3, -0.25) is 4.98 Å². The van der Waals surface area contributed by atoms with Gasteiger partial charge in [-0.1, -0.05) is 0 Å². The van der Waals surface area contributed by atoms with Crippen LogP contribution in [0.25, 0.3) is 5.69 Å².